The molecule has 0 unspecified atom stereocenters. The second kappa shape index (κ2) is 6.36. The average Bonchev–Trinajstić information content (AvgIpc) is 2.42. The molecule has 1 N–H and O–H groups in total. The first-order valence-corrected chi connectivity index (χ1v) is 6.68. The number of nitro benzene ring substituents is 1. The summed E-state index contributed by atoms with van der Waals surface area (Å²) in [6.07, 6.45) is -0.360. The molecule has 0 heterocycles. The lowest BCUT2D eigenvalue weighted by Crippen LogP contribution is -2.03. The van der Waals surface area contributed by atoms with Crippen molar-refractivity contribution in [3.8, 4) is 11.5 Å². The van der Waals surface area contributed by atoms with Gasteiger partial charge in [0.1, 0.15) is 11.5 Å². The van der Waals surface area contributed by atoms with Crippen LogP contribution in [-0.4, -0.2) is 16.0 Å². The zero-order valence-electron chi connectivity index (χ0n) is 10.7. The van der Waals surface area contributed by atoms with Crippen molar-refractivity contribution < 1.29 is 19.6 Å². The number of rotatable bonds is 5. The van der Waals surface area contributed by atoms with Crippen molar-refractivity contribution >= 4 is 27.6 Å². The molecule has 7 heteroatoms. The van der Waals surface area contributed by atoms with E-state index in [2.05, 4.69) is 15.9 Å². The first-order valence-electron chi connectivity index (χ1n) is 5.89. The number of carboxylic acids is 1. The number of carbonyl (C=O) groups is 1. The number of hydrogen-bond donors (Lipinski definition) is 1. The summed E-state index contributed by atoms with van der Waals surface area (Å²) in [5, 5.41) is 19.7. The van der Waals surface area contributed by atoms with Crippen molar-refractivity contribution in [2.75, 3.05) is 0 Å². The van der Waals surface area contributed by atoms with Gasteiger partial charge in [-0.1, -0.05) is 12.1 Å². The van der Waals surface area contributed by atoms with Crippen LogP contribution in [0.1, 0.15) is 5.56 Å². The maximum Gasteiger partial charge on any atom is 0.307 e. The van der Waals surface area contributed by atoms with Crippen molar-refractivity contribution in [3.63, 3.8) is 0 Å². The minimum absolute atomic E-state index is 0.175. The molecular weight excluding hydrogens is 342 g/mol. The third-order valence-electron chi connectivity index (χ3n) is 2.65. The largest absolute Gasteiger partial charge is 0.481 e. The van der Waals surface area contributed by atoms with Gasteiger partial charge in [0.2, 0.25) is 0 Å². The first-order chi connectivity index (χ1) is 9.97. The summed E-state index contributed by atoms with van der Waals surface area (Å²) in [4.78, 5) is 21.1. The van der Waals surface area contributed by atoms with Crippen LogP contribution < -0.4 is 4.74 Å². The van der Waals surface area contributed by atoms with E-state index >= 15 is 0 Å². The summed E-state index contributed by atoms with van der Waals surface area (Å²) in [5.41, 5.74) is 0.0678. The van der Waals surface area contributed by atoms with Gasteiger partial charge in [-0.3, -0.25) is 14.9 Å². The molecule has 0 fully saturated rings. The summed E-state index contributed by atoms with van der Waals surface area (Å²) in [6.45, 7) is 0. The van der Waals surface area contributed by atoms with Crippen LogP contribution in [0.15, 0.2) is 46.9 Å². The lowest BCUT2D eigenvalue weighted by Gasteiger charge is -2.11. The Morgan fingerprint density at radius 2 is 1.95 bits per heavy atom. The number of para-hydroxylation sites is 1. The van der Waals surface area contributed by atoms with Gasteiger partial charge in [-0.2, -0.15) is 0 Å². The van der Waals surface area contributed by atoms with Crippen molar-refractivity contribution in [2.45, 2.75) is 6.42 Å². The zero-order chi connectivity index (χ0) is 15.4. The van der Waals surface area contributed by atoms with E-state index in [-0.39, 0.29) is 23.4 Å². The summed E-state index contributed by atoms with van der Waals surface area (Å²) in [7, 11) is 0. The van der Waals surface area contributed by atoms with E-state index in [0.29, 0.717) is 10.2 Å². The van der Waals surface area contributed by atoms with Crippen LogP contribution in [0.25, 0.3) is 0 Å². The highest BCUT2D eigenvalue weighted by Crippen LogP contribution is 2.33. The number of ether oxygens (including phenoxy) is 1. The predicted octanol–water partition coefficient (Wildman–Crippen LogP) is 3.78. The molecule has 108 valence electrons. The van der Waals surface area contributed by atoms with Gasteiger partial charge in [-0.15, -0.1) is 0 Å². The van der Waals surface area contributed by atoms with E-state index in [4.69, 9.17) is 9.84 Å². The Hall–Kier alpha value is -2.41. The van der Waals surface area contributed by atoms with Crippen molar-refractivity contribution in [1.82, 2.24) is 0 Å². The van der Waals surface area contributed by atoms with Crippen molar-refractivity contribution in [3.05, 3.63) is 62.6 Å². The van der Waals surface area contributed by atoms with E-state index in [1.807, 2.05) is 6.07 Å². The summed E-state index contributed by atoms with van der Waals surface area (Å²) in [5.74, 6) is -0.319. The maximum absolute atomic E-state index is 10.9. The molecule has 0 aromatic heterocycles. The Kier molecular flexibility index (Phi) is 4.54. The summed E-state index contributed by atoms with van der Waals surface area (Å²) in [6, 6.07) is 10.9. The molecular formula is C14H10BrNO5. The number of hydrogen-bond acceptors (Lipinski definition) is 4. The fourth-order valence-electron chi connectivity index (χ4n) is 1.73. The molecule has 0 saturated carbocycles. The van der Waals surface area contributed by atoms with Crippen LogP contribution >= 0.6 is 15.9 Å². The van der Waals surface area contributed by atoms with E-state index in [9.17, 15) is 14.9 Å². The lowest BCUT2D eigenvalue weighted by molar-refractivity contribution is -0.384. The first kappa shape index (κ1) is 15.0. The molecule has 0 saturated heterocycles. The second-order valence-corrected chi connectivity index (χ2v) is 5.01. The Labute approximate surface area is 128 Å². The Bertz CT molecular complexity index is 702. The Morgan fingerprint density at radius 3 is 2.57 bits per heavy atom. The zero-order valence-corrected chi connectivity index (χ0v) is 12.2. The van der Waals surface area contributed by atoms with Crippen LogP contribution in [0.4, 0.5) is 5.69 Å². The van der Waals surface area contributed by atoms with E-state index < -0.39 is 10.9 Å². The molecule has 0 aliphatic carbocycles. The highest BCUT2D eigenvalue weighted by Gasteiger charge is 2.15. The van der Waals surface area contributed by atoms with Gasteiger partial charge in [-0.25, -0.2) is 0 Å². The minimum Gasteiger partial charge on any atom is -0.481 e. The van der Waals surface area contributed by atoms with Crippen molar-refractivity contribution in [2.24, 2.45) is 0 Å². The lowest BCUT2D eigenvalue weighted by atomic mass is 10.1. The van der Waals surface area contributed by atoms with Crippen LogP contribution in [0.3, 0.4) is 0 Å². The van der Waals surface area contributed by atoms with Gasteiger partial charge in [0, 0.05) is 17.7 Å². The van der Waals surface area contributed by atoms with Gasteiger partial charge < -0.3 is 9.84 Å². The van der Waals surface area contributed by atoms with Crippen LogP contribution in [0, 0.1) is 10.1 Å². The van der Waals surface area contributed by atoms with E-state index in [0.717, 1.165) is 0 Å². The average molecular weight is 352 g/mol. The smallest absolute Gasteiger partial charge is 0.307 e. The summed E-state index contributed by atoms with van der Waals surface area (Å²) >= 11 is 3.32. The fraction of sp³-hybridized carbons (Fsp3) is 0.0714. The number of halogens is 1. The fourth-order valence-corrected chi connectivity index (χ4v) is 2.09. The van der Waals surface area contributed by atoms with Crippen LogP contribution in [-0.2, 0) is 11.2 Å². The third-order valence-corrected chi connectivity index (χ3v) is 3.31. The summed E-state index contributed by atoms with van der Waals surface area (Å²) < 4.78 is 6.34. The molecule has 0 bridgehead atoms. The molecule has 2 rings (SSSR count). The van der Waals surface area contributed by atoms with Gasteiger partial charge in [0.15, 0.2) is 0 Å². The normalized spacial score (nSPS) is 10.1. The van der Waals surface area contributed by atoms with E-state index in [1.54, 1.807) is 18.2 Å². The molecule has 6 nitrogen and oxygen atoms in total. The quantitative estimate of drug-likeness (QED) is 0.653. The van der Waals surface area contributed by atoms with Gasteiger partial charge in [0.05, 0.1) is 15.8 Å². The molecule has 0 aliphatic heterocycles. The standard InChI is InChI=1S/C14H10BrNO5/c15-11-3-1-2-4-13(11)21-12-6-5-10(16(19)20)7-9(12)8-14(17)18/h1-7H,8H2,(H,17,18). The van der Waals surface area contributed by atoms with Gasteiger partial charge in [0.25, 0.3) is 5.69 Å². The highest BCUT2D eigenvalue weighted by atomic mass is 79.9. The topological polar surface area (TPSA) is 89.7 Å². The van der Waals surface area contributed by atoms with Crippen molar-refractivity contribution in [1.29, 1.82) is 0 Å². The third kappa shape index (κ3) is 3.79. The SMILES string of the molecule is O=C(O)Cc1cc([N+](=O)[O-])ccc1Oc1ccccc1Br. The molecule has 2 aromatic carbocycles. The number of benzene rings is 2. The number of nitrogens with zero attached hydrogens (tertiary/aromatic N) is 1. The van der Waals surface area contributed by atoms with Crippen LogP contribution in [0.2, 0.25) is 0 Å². The molecule has 0 atom stereocenters. The number of carboxylic acid groups (broad SMARTS) is 1. The molecule has 21 heavy (non-hydrogen) atoms. The number of nitro groups is 1. The number of non-ortho nitro benzene ring substituents is 1. The Morgan fingerprint density at radius 1 is 1.24 bits per heavy atom. The van der Waals surface area contributed by atoms with Gasteiger partial charge in [-0.05, 0) is 34.1 Å². The maximum atomic E-state index is 10.9. The molecule has 2 aromatic rings. The molecule has 0 aliphatic rings. The Balaban J connectivity index is 2.40. The minimum atomic E-state index is -1.09. The number of aliphatic carboxylic acids is 1. The monoisotopic (exact) mass is 351 g/mol. The highest BCUT2D eigenvalue weighted by molar-refractivity contribution is 9.10. The molecule has 0 amide bonds. The predicted molar refractivity (Wildman–Crippen MR) is 78.7 cm³/mol. The molecule has 0 radical (unpaired) electrons. The van der Waals surface area contributed by atoms with Crippen LogP contribution in [0.5, 0.6) is 11.5 Å². The van der Waals surface area contributed by atoms with Gasteiger partial charge >= 0.3 is 5.97 Å². The second-order valence-electron chi connectivity index (χ2n) is 4.15. The molecule has 0 spiro atoms. The van der Waals surface area contributed by atoms with E-state index in [1.165, 1.54) is 18.2 Å².